The van der Waals surface area contributed by atoms with Crippen molar-refractivity contribution in [1.82, 2.24) is 40.2 Å². The van der Waals surface area contributed by atoms with Crippen LogP contribution in [0.1, 0.15) is 62.0 Å². The minimum Gasteiger partial charge on any atom is -0.300 e. The maximum Gasteiger partial charge on any atom is 0.156 e. The van der Waals surface area contributed by atoms with Crippen molar-refractivity contribution in [2.45, 2.75) is 77.3 Å². The van der Waals surface area contributed by atoms with Gasteiger partial charge < -0.3 is 10.6 Å². The van der Waals surface area contributed by atoms with Gasteiger partial charge in [-0.05, 0) is 73.2 Å². The Labute approximate surface area is 352 Å². The fraction of sp³-hybridized carbons (Fsp3) is 0.333. The minimum atomic E-state index is -0.424. The zero-order chi connectivity index (χ0) is 42.7. The van der Waals surface area contributed by atoms with Crippen molar-refractivity contribution in [3.8, 4) is 22.5 Å². The standard InChI is InChI=1S/2C24H28N4O2/c2*1-3-7-21(29)17-26-23(14-18-8-5-4-6-9-18)24(30)16-20-15-22(27-28(20)2)19-10-12-25-13-11-19/h2*4-6,8-13,15,23,26H,3,7,14,16-17H2,1-2H3/t2*23-/m00/s1. The molecular formula is C48H56N8O4. The van der Waals surface area contributed by atoms with Crippen molar-refractivity contribution in [2.75, 3.05) is 13.1 Å². The molecule has 0 fully saturated rings. The van der Waals surface area contributed by atoms with Crippen LogP contribution in [-0.4, -0.2) is 77.8 Å². The lowest BCUT2D eigenvalue weighted by Crippen LogP contribution is -2.42. The number of ketones is 4. The molecule has 2 atom stereocenters. The van der Waals surface area contributed by atoms with E-state index in [0.29, 0.717) is 25.7 Å². The quantitative estimate of drug-likeness (QED) is 0.0796. The molecule has 12 nitrogen and oxygen atoms in total. The highest BCUT2D eigenvalue weighted by Gasteiger charge is 2.23. The molecule has 312 valence electrons. The topological polar surface area (TPSA) is 154 Å². The molecule has 0 saturated carbocycles. The molecule has 0 aliphatic heterocycles. The van der Waals surface area contributed by atoms with Gasteiger partial charge in [-0.3, -0.25) is 38.5 Å². The van der Waals surface area contributed by atoms with Crippen molar-refractivity contribution >= 4 is 23.1 Å². The van der Waals surface area contributed by atoms with Gasteiger partial charge >= 0.3 is 0 Å². The van der Waals surface area contributed by atoms with Gasteiger partial charge in [0, 0.05) is 74.2 Å². The van der Waals surface area contributed by atoms with Crippen LogP contribution in [0.4, 0.5) is 0 Å². The summed E-state index contributed by atoms with van der Waals surface area (Å²) in [6.45, 7) is 4.38. The van der Waals surface area contributed by atoms with E-state index < -0.39 is 12.1 Å². The van der Waals surface area contributed by atoms with Crippen LogP contribution in [0.15, 0.2) is 122 Å². The number of carbonyl (C=O) groups is 4. The van der Waals surface area contributed by atoms with Gasteiger partial charge in [-0.15, -0.1) is 0 Å². The molecule has 0 saturated heterocycles. The van der Waals surface area contributed by atoms with Gasteiger partial charge in [0.1, 0.15) is 11.6 Å². The summed E-state index contributed by atoms with van der Waals surface area (Å²) >= 11 is 0. The van der Waals surface area contributed by atoms with Gasteiger partial charge in [0.05, 0.1) is 49.4 Å². The second-order valence-electron chi connectivity index (χ2n) is 14.9. The highest BCUT2D eigenvalue weighted by Crippen LogP contribution is 2.20. The van der Waals surface area contributed by atoms with Crippen molar-refractivity contribution in [2.24, 2.45) is 14.1 Å². The summed E-state index contributed by atoms with van der Waals surface area (Å²) in [5.41, 5.74) is 7.36. The van der Waals surface area contributed by atoms with Crippen LogP contribution in [0.3, 0.4) is 0 Å². The van der Waals surface area contributed by atoms with E-state index in [4.69, 9.17) is 0 Å². The predicted molar refractivity (Wildman–Crippen MR) is 234 cm³/mol. The first-order valence-corrected chi connectivity index (χ1v) is 20.6. The smallest absolute Gasteiger partial charge is 0.156 e. The predicted octanol–water partition coefficient (Wildman–Crippen LogP) is 6.33. The first-order chi connectivity index (χ1) is 29.1. The van der Waals surface area contributed by atoms with Gasteiger partial charge in [0.25, 0.3) is 0 Å². The Morgan fingerprint density at radius 1 is 0.550 bits per heavy atom. The molecule has 0 aliphatic rings. The van der Waals surface area contributed by atoms with Crippen molar-refractivity contribution in [3.63, 3.8) is 0 Å². The van der Waals surface area contributed by atoms with Crippen LogP contribution in [0.5, 0.6) is 0 Å². The Kier molecular flexibility index (Phi) is 17.5. The Hall–Kier alpha value is -6.24. The van der Waals surface area contributed by atoms with Crippen molar-refractivity contribution in [1.29, 1.82) is 0 Å². The summed E-state index contributed by atoms with van der Waals surface area (Å²) in [4.78, 5) is 58.4. The van der Waals surface area contributed by atoms with Crippen LogP contribution in [-0.2, 0) is 59.0 Å². The SMILES string of the molecule is CCCC(=O)CN[C@@H](Cc1ccccc1)C(=O)Cc1cc(-c2ccncc2)nn1C.CCCC(=O)CN[C@@H](Cc1ccccc1)C(=O)Cc1cc(-c2ccncc2)nn1C. The number of aryl methyl sites for hydroxylation is 2. The number of hydrogen-bond acceptors (Lipinski definition) is 10. The molecule has 2 aromatic carbocycles. The molecule has 6 rings (SSSR count). The third-order valence-corrected chi connectivity index (χ3v) is 10.1. The molecule has 0 amide bonds. The summed E-state index contributed by atoms with van der Waals surface area (Å²) in [6.07, 6.45) is 11.2. The third-order valence-electron chi connectivity index (χ3n) is 10.1. The molecule has 60 heavy (non-hydrogen) atoms. The van der Waals surface area contributed by atoms with Crippen LogP contribution < -0.4 is 10.6 Å². The van der Waals surface area contributed by atoms with E-state index in [9.17, 15) is 19.2 Å². The molecule has 0 unspecified atom stereocenters. The molecule has 6 aromatic rings. The van der Waals surface area contributed by atoms with E-state index in [1.54, 1.807) is 34.2 Å². The zero-order valence-corrected chi connectivity index (χ0v) is 35.1. The van der Waals surface area contributed by atoms with Gasteiger partial charge in [-0.2, -0.15) is 10.2 Å². The average Bonchev–Trinajstić information content (AvgIpc) is 3.83. The van der Waals surface area contributed by atoms with E-state index in [-0.39, 0.29) is 49.1 Å². The maximum absolute atomic E-state index is 13.2. The first kappa shape index (κ1) is 44.9. The number of carbonyl (C=O) groups excluding carboxylic acids is 4. The van der Waals surface area contributed by atoms with Gasteiger partial charge in [0.15, 0.2) is 11.6 Å². The molecule has 0 aliphatic carbocycles. The molecule has 0 radical (unpaired) electrons. The number of nitrogens with zero attached hydrogens (tertiary/aromatic N) is 6. The zero-order valence-electron chi connectivity index (χ0n) is 35.1. The molecular weight excluding hydrogens is 753 g/mol. The van der Waals surface area contributed by atoms with Gasteiger partial charge in [0.2, 0.25) is 0 Å². The average molecular weight is 809 g/mol. The van der Waals surface area contributed by atoms with Crippen molar-refractivity contribution < 1.29 is 19.2 Å². The Bertz CT molecular complexity index is 2100. The lowest BCUT2D eigenvalue weighted by molar-refractivity contribution is -0.122. The summed E-state index contributed by atoms with van der Waals surface area (Å²) in [6, 6.07) is 30.4. The third kappa shape index (κ3) is 14.0. The Balaban J connectivity index is 0.000000228. The number of benzene rings is 2. The Morgan fingerprint density at radius 2 is 0.917 bits per heavy atom. The minimum absolute atomic E-state index is 0.0485. The largest absolute Gasteiger partial charge is 0.300 e. The summed E-state index contributed by atoms with van der Waals surface area (Å²) < 4.78 is 3.49. The number of hydrogen-bond donors (Lipinski definition) is 2. The monoisotopic (exact) mass is 808 g/mol. The molecule has 2 N–H and O–H groups in total. The Morgan fingerprint density at radius 3 is 1.27 bits per heavy atom. The van der Waals surface area contributed by atoms with Crippen LogP contribution >= 0.6 is 0 Å². The molecule has 4 heterocycles. The van der Waals surface area contributed by atoms with Crippen LogP contribution in [0.2, 0.25) is 0 Å². The van der Waals surface area contributed by atoms with Gasteiger partial charge in [-0.1, -0.05) is 74.5 Å². The normalized spacial score (nSPS) is 11.9. The van der Waals surface area contributed by atoms with E-state index in [2.05, 4.69) is 30.8 Å². The summed E-state index contributed by atoms with van der Waals surface area (Å²) in [7, 11) is 3.69. The fourth-order valence-electron chi connectivity index (χ4n) is 6.78. The number of rotatable bonds is 22. The van der Waals surface area contributed by atoms with E-state index >= 15 is 0 Å². The number of nitrogens with one attached hydrogen (secondary N) is 2. The van der Waals surface area contributed by atoms with E-state index in [1.165, 1.54) is 0 Å². The van der Waals surface area contributed by atoms with Crippen molar-refractivity contribution in [3.05, 3.63) is 144 Å². The maximum atomic E-state index is 13.2. The van der Waals surface area contributed by atoms with E-state index in [0.717, 1.165) is 57.9 Å². The summed E-state index contributed by atoms with van der Waals surface area (Å²) in [5.74, 6) is 0.354. The highest BCUT2D eigenvalue weighted by molar-refractivity contribution is 5.88. The molecule has 12 heteroatoms. The summed E-state index contributed by atoms with van der Waals surface area (Å²) in [5, 5.41) is 15.5. The highest BCUT2D eigenvalue weighted by atomic mass is 16.1. The molecule has 0 bridgehead atoms. The number of aromatic nitrogens is 6. The lowest BCUT2D eigenvalue weighted by Gasteiger charge is -2.17. The molecule has 4 aromatic heterocycles. The molecule has 0 spiro atoms. The number of Topliss-reactive ketones (excluding diaryl/α,β-unsaturated/α-hetero) is 4. The van der Waals surface area contributed by atoms with Crippen LogP contribution in [0.25, 0.3) is 22.5 Å². The first-order valence-electron chi connectivity index (χ1n) is 20.6. The van der Waals surface area contributed by atoms with Gasteiger partial charge in [-0.25, -0.2) is 0 Å². The number of pyridine rings is 2. The second-order valence-corrected chi connectivity index (χ2v) is 14.9. The van der Waals surface area contributed by atoms with E-state index in [1.807, 2.05) is 125 Å². The second kappa shape index (κ2) is 23.4. The lowest BCUT2D eigenvalue weighted by atomic mass is 9.99. The van der Waals surface area contributed by atoms with Crippen LogP contribution in [0, 0.1) is 0 Å². The fourth-order valence-corrected chi connectivity index (χ4v) is 6.78.